The number of rotatable bonds is 6. The van der Waals surface area contributed by atoms with Gasteiger partial charge in [0.25, 0.3) is 0 Å². The Morgan fingerprint density at radius 2 is 2.19 bits per heavy atom. The molecule has 21 heavy (non-hydrogen) atoms. The smallest absolute Gasteiger partial charge is 0.242 e. The number of aliphatic hydroxyl groups excluding tert-OH is 1. The zero-order chi connectivity index (χ0) is 15.2. The lowest BCUT2D eigenvalue weighted by molar-refractivity contribution is -0.135. The topological polar surface area (TPSA) is 75.8 Å². The van der Waals surface area contributed by atoms with Crippen LogP contribution in [0.3, 0.4) is 0 Å². The Balaban J connectivity index is 1.97. The van der Waals surface area contributed by atoms with Crippen molar-refractivity contribution in [2.24, 2.45) is 5.73 Å². The number of nitrogens with zero attached hydrogens (tertiary/aromatic N) is 1. The summed E-state index contributed by atoms with van der Waals surface area (Å²) >= 11 is 0. The average Bonchev–Trinajstić information content (AvgIpc) is 2.95. The molecule has 0 bridgehead atoms. The number of carbonyl (C=O) groups excluding carboxylic acids is 1. The maximum atomic E-state index is 12.3. The Morgan fingerprint density at radius 1 is 1.48 bits per heavy atom. The number of hydrogen-bond acceptors (Lipinski definition) is 4. The summed E-state index contributed by atoms with van der Waals surface area (Å²) in [6.07, 6.45) is 1.87. The number of likely N-dealkylation sites (tertiary alicyclic amines) is 1. The van der Waals surface area contributed by atoms with Crippen LogP contribution in [0.2, 0.25) is 0 Å². The molecule has 0 spiro atoms. The average molecular weight is 292 g/mol. The second-order valence-corrected chi connectivity index (χ2v) is 5.55. The van der Waals surface area contributed by atoms with E-state index in [0.29, 0.717) is 13.0 Å². The molecule has 5 heteroatoms. The van der Waals surface area contributed by atoms with Gasteiger partial charge in [-0.1, -0.05) is 30.3 Å². The molecule has 1 aromatic carbocycles. The van der Waals surface area contributed by atoms with E-state index in [-0.39, 0.29) is 18.6 Å². The number of aliphatic hydroxyl groups is 1. The summed E-state index contributed by atoms with van der Waals surface area (Å²) in [5, 5.41) is 10.3. The lowest BCUT2D eigenvalue weighted by atomic mass is 10.0. The Labute approximate surface area is 125 Å². The molecule has 1 amide bonds. The molecule has 1 aliphatic rings. The third-order valence-corrected chi connectivity index (χ3v) is 4.00. The molecule has 3 unspecified atom stereocenters. The predicted octanol–water partition coefficient (Wildman–Crippen LogP) is 1.07. The van der Waals surface area contributed by atoms with Crippen LogP contribution in [0.5, 0.6) is 0 Å². The molecule has 0 saturated carbocycles. The zero-order valence-corrected chi connectivity index (χ0v) is 12.4. The summed E-state index contributed by atoms with van der Waals surface area (Å²) in [5.41, 5.74) is 6.72. The normalized spacial score (nSPS) is 21.3. The van der Waals surface area contributed by atoms with Crippen LogP contribution >= 0.6 is 0 Å². The van der Waals surface area contributed by atoms with E-state index in [4.69, 9.17) is 10.5 Å². The van der Waals surface area contributed by atoms with E-state index in [2.05, 4.69) is 0 Å². The van der Waals surface area contributed by atoms with Crippen molar-refractivity contribution in [3.8, 4) is 0 Å². The van der Waals surface area contributed by atoms with Gasteiger partial charge < -0.3 is 20.5 Å². The number of carbonyl (C=O) groups is 1. The van der Waals surface area contributed by atoms with Gasteiger partial charge in [0.15, 0.2) is 0 Å². The molecule has 0 radical (unpaired) electrons. The van der Waals surface area contributed by atoms with E-state index < -0.39 is 12.1 Å². The lowest BCUT2D eigenvalue weighted by Gasteiger charge is -2.28. The Morgan fingerprint density at radius 3 is 2.86 bits per heavy atom. The fraction of sp³-hybridized carbons (Fsp3) is 0.562. The van der Waals surface area contributed by atoms with Crippen molar-refractivity contribution in [3.63, 3.8) is 0 Å². The molecule has 1 fully saturated rings. The van der Waals surface area contributed by atoms with Crippen molar-refractivity contribution in [1.82, 2.24) is 4.90 Å². The predicted molar refractivity (Wildman–Crippen MR) is 80.6 cm³/mol. The van der Waals surface area contributed by atoms with Gasteiger partial charge in [-0.05, 0) is 24.8 Å². The summed E-state index contributed by atoms with van der Waals surface area (Å²) in [6, 6.07) is 8.98. The first-order valence-corrected chi connectivity index (χ1v) is 7.41. The van der Waals surface area contributed by atoms with Crippen LogP contribution in [0.1, 0.15) is 30.9 Å². The number of nitrogens with two attached hydrogens (primary N) is 1. The Hall–Kier alpha value is -1.43. The molecular formula is C16H24N2O3. The number of ether oxygens (including phenoxy) is 1. The summed E-state index contributed by atoms with van der Waals surface area (Å²) in [5.74, 6) is -0.0837. The van der Waals surface area contributed by atoms with Gasteiger partial charge in [-0.2, -0.15) is 0 Å². The summed E-state index contributed by atoms with van der Waals surface area (Å²) < 4.78 is 4.95. The van der Waals surface area contributed by atoms with Crippen molar-refractivity contribution in [2.75, 3.05) is 20.3 Å². The summed E-state index contributed by atoms with van der Waals surface area (Å²) in [7, 11) is 1.54. The molecule has 3 atom stereocenters. The molecule has 2 rings (SSSR count). The van der Waals surface area contributed by atoms with Crippen LogP contribution in [-0.4, -0.2) is 48.3 Å². The van der Waals surface area contributed by atoms with Crippen LogP contribution in [-0.2, 0) is 9.53 Å². The van der Waals surface area contributed by atoms with Crippen LogP contribution in [0, 0.1) is 0 Å². The van der Waals surface area contributed by atoms with E-state index in [1.165, 1.54) is 7.11 Å². The van der Waals surface area contributed by atoms with Crippen molar-refractivity contribution < 1.29 is 14.6 Å². The third-order valence-electron chi connectivity index (χ3n) is 4.00. The Bertz CT molecular complexity index is 452. The first-order chi connectivity index (χ1) is 10.1. The first-order valence-electron chi connectivity index (χ1n) is 7.41. The quantitative estimate of drug-likeness (QED) is 0.822. The zero-order valence-electron chi connectivity index (χ0n) is 12.4. The minimum absolute atomic E-state index is 0.0515. The lowest BCUT2D eigenvalue weighted by Crippen LogP contribution is -2.48. The number of amides is 1. The molecule has 0 aromatic heterocycles. The molecule has 5 nitrogen and oxygen atoms in total. The standard InChI is InChI=1S/C16H24N2O3/c1-21-11-14(17)16(20)18-9-5-8-13(18)10-15(19)12-6-3-2-4-7-12/h2-4,6-7,13-15,19H,5,8-11,17H2,1H3. The van der Waals surface area contributed by atoms with E-state index in [1.54, 1.807) is 4.90 Å². The van der Waals surface area contributed by atoms with E-state index in [9.17, 15) is 9.90 Å². The summed E-state index contributed by atoms with van der Waals surface area (Å²) in [6.45, 7) is 0.936. The molecule has 1 aromatic rings. The highest BCUT2D eigenvalue weighted by Gasteiger charge is 2.33. The molecule has 1 heterocycles. The van der Waals surface area contributed by atoms with Gasteiger partial charge in [-0.15, -0.1) is 0 Å². The van der Waals surface area contributed by atoms with E-state index in [1.807, 2.05) is 30.3 Å². The van der Waals surface area contributed by atoms with Crippen molar-refractivity contribution in [3.05, 3.63) is 35.9 Å². The van der Waals surface area contributed by atoms with Crippen LogP contribution in [0.4, 0.5) is 0 Å². The maximum absolute atomic E-state index is 12.3. The maximum Gasteiger partial charge on any atom is 0.242 e. The second-order valence-electron chi connectivity index (χ2n) is 5.55. The van der Waals surface area contributed by atoms with Gasteiger partial charge in [-0.25, -0.2) is 0 Å². The van der Waals surface area contributed by atoms with Gasteiger partial charge in [0.2, 0.25) is 5.91 Å². The molecule has 1 saturated heterocycles. The highest BCUT2D eigenvalue weighted by molar-refractivity contribution is 5.82. The summed E-state index contributed by atoms with van der Waals surface area (Å²) in [4.78, 5) is 14.1. The van der Waals surface area contributed by atoms with Gasteiger partial charge in [0, 0.05) is 19.7 Å². The first kappa shape index (κ1) is 15.9. The second kappa shape index (κ2) is 7.54. The van der Waals surface area contributed by atoms with Crippen LogP contribution in [0.15, 0.2) is 30.3 Å². The molecular weight excluding hydrogens is 268 g/mol. The highest BCUT2D eigenvalue weighted by atomic mass is 16.5. The molecule has 0 aliphatic carbocycles. The number of methoxy groups -OCH3 is 1. The Kier molecular flexibility index (Phi) is 5.73. The molecule has 3 N–H and O–H groups in total. The fourth-order valence-corrected chi connectivity index (χ4v) is 2.90. The van der Waals surface area contributed by atoms with Crippen LogP contribution < -0.4 is 5.73 Å². The van der Waals surface area contributed by atoms with Gasteiger partial charge in [0.05, 0.1) is 12.7 Å². The van der Waals surface area contributed by atoms with Gasteiger partial charge in [0.1, 0.15) is 6.04 Å². The molecule has 1 aliphatic heterocycles. The van der Waals surface area contributed by atoms with E-state index >= 15 is 0 Å². The molecule has 116 valence electrons. The van der Waals surface area contributed by atoms with Crippen molar-refractivity contribution >= 4 is 5.91 Å². The van der Waals surface area contributed by atoms with Gasteiger partial charge >= 0.3 is 0 Å². The van der Waals surface area contributed by atoms with Crippen molar-refractivity contribution in [1.29, 1.82) is 0 Å². The van der Waals surface area contributed by atoms with Crippen molar-refractivity contribution in [2.45, 2.75) is 37.5 Å². The number of hydrogen-bond donors (Lipinski definition) is 2. The fourth-order valence-electron chi connectivity index (χ4n) is 2.90. The monoisotopic (exact) mass is 292 g/mol. The minimum Gasteiger partial charge on any atom is -0.388 e. The minimum atomic E-state index is -0.621. The highest BCUT2D eigenvalue weighted by Crippen LogP contribution is 2.27. The largest absolute Gasteiger partial charge is 0.388 e. The van der Waals surface area contributed by atoms with Crippen LogP contribution in [0.25, 0.3) is 0 Å². The number of benzene rings is 1. The van der Waals surface area contributed by atoms with Gasteiger partial charge in [-0.3, -0.25) is 4.79 Å². The SMILES string of the molecule is COCC(N)C(=O)N1CCCC1CC(O)c1ccccc1. The third kappa shape index (κ3) is 4.03. The van der Waals surface area contributed by atoms with E-state index in [0.717, 1.165) is 18.4 Å².